The first-order valence-corrected chi connectivity index (χ1v) is 5.77. The van der Waals surface area contributed by atoms with Gasteiger partial charge in [0.2, 0.25) is 0 Å². The molecular weight excluding hydrogens is 240 g/mol. The van der Waals surface area contributed by atoms with Gasteiger partial charge in [0.05, 0.1) is 5.69 Å². The quantitative estimate of drug-likeness (QED) is 0.759. The second-order valence-corrected chi connectivity index (χ2v) is 4.65. The van der Waals surface area contributed by atoms with Gasteiger partial charge in [-0.3, -0.25) is 4.79 Å². The summed E-state index contributed by atoms with van der Waals surface area (Å²) in [7, 11) is 0. The molecule has 1 aromatic rings. The molecule has 0 radical (unpaired) electrons. The normalized spacial score (nSPS) is 16.2. The van der Waals surface area contributed by atoms with Crippen molar-refractivity contribution < 1.29 is 9.59 Å². The molecule has 90 valence electrons. The second kappa shape index (κ2) is 4.37. The van der Waals surface area contributed by atoms with Crippen LogP contribution in [-0.2, 0) is 4.79 Å². The molecule has 1 fully saturated rings. The molecule has 0 bridgehead atoms. The van der Waals surface area contributed by atoms with Crippen molar-refractivity contribution in [3.8, 4) is 0 Å². The van der Waals surface area contributed by atoms with E-state index in [-0.39, 0.29) is 24.5 Å². The SMILES string of the molecule is CC(C)N1CC(=O)N(c2cccc(Cl)c2)C1=O. The van der Waals surface area contributed by atoms with Crippen molar-refractivity contribution in [2.75, 3.05) is 11.4 Å². The van der Waals surface area contributed by atoms with E-state index in [0.717, 1.165) is 0 Å². The summed E-state index contributed by atoms with van der Waals surface area (Å²) in [5.74, 6) is -0.217. The minimum atomic E-state index is -0.285. The van der Waals surface area contributed by atoms with Gasteiger partial charge in [0.15, 0.2) is 0 Å². The van der Waals surface area contributed by atoms with Gasteiger partial charge < -0.3 is 4.90 Å². The van der Waals surface area contributed by atoms with E-state index in [1.165, 1.54) is 9.80 Å². The zero-order valence-corrected chi connectivity index (χ0v) is 10.4. The maximum Gasteiger partial charge on any atom is 0.332 e. The monoisotopic (exact) mass is 252 g/mol. The molecular formula is C12H13ClN2O2. The van der Waals surface area contributed by atoms with Gasteiger partial charge in [-0.15, -0.1) is 0 Å². The third-order valence-electron chi connectivity index (χ3n) is 2.68. The molecule has 4 nitrogen and oxygen atoms in total. The molecule has 0 aliphatic carbocycles. The average Bonchev–Trinajstić information content (AvgIpc) is 2.54. The Kier molecular flexibility index (Phi) is 3.07. The van der Waals surface area contributed by atoms with Gasteiger partial charge in [0, 0.05) is 11.1 Å². The van der Waals surface area contributed by atoms with E-state index < -0.39 is 0 Å². The van der Waals surface area contributed by atoms with Crippen molar-refractivity contribution in [3.05, 3.63) is 29.3 Å². The number of halogens is 1. The largest absolute Gasteiger partial charge is 0.332 e. The van der Waals surface area contributed by atoms with Crippen LogP contribution in [0.4, 0.5) is 10.5 Å². The van der Waals surface area contributed by atoms with Gasteiger partial charge in [-0.05, 0) is 32.0 Å². The topological polar surface area (TPSA) is 40.6 Å². The minimum absolute atomic E-state index is 0.00985. The van der Waals surface area contributed by atoms with Crippen LogP contribution in [0.3, 0.4) is 0 Å². The summed E-state index contributed by atoms with van der Waals surface area (Å²) in [5, 5.41) is 0.506. The fraction of sp³-hybridized carbons (Fsp3) is 0.333. The van der Waals surface area contributed by atoms with E-state index >= 15 is 0 Å². The van der Waals surface area contributed by atoms with Crippen molar-refractivity contribution >= 4 is 29.2 Å². The number of hydrogen-bond donors (Lipinski definition) is 0. The van der Waals surface area contributed by atoms with Gasteiger partial charge in [-0.2, -0.15) is 0 Å². The van der Waals surface area contributed by atoms with E-state index in [9.17, 15) is 9.59 Å². The molecule has 0 unspecified atom stereocenters. The van der Waals surface area contributed by atoms with Crippen LogP contribution in [0.1, 0.15) is 13.8 Å². The molecule has 1 aromatic carbocycles. The molecule has 1 aliphatic heterocycles. The van der Waals surface area contributed by atoms with Crippen molar-refractivity contribution in [3.63, 3.8) is 0 Å². The Morgan fingerprint density at radius 3 is 2.53 bits per heavy atom. The highest BCUT2D eigenvalue weighted by molar-refractivity contribution is 6.31. The van der Waals surface area contributed by atoms with Crippen molar-refractivity contribution in [2.45, 2.75) is 19.9 Å². The Morgan fingerprint density at radius 2 is 2.00 bits per heavy atom. The van der Waals surface area contributed by atoms with E-state index in [0.29, 0.717) is 10.7 Å². The van der Waals surface area contributed by atoms with Gasteiger partial charge in [-0.1, -0.05) is 17.7 Å². The summed E-state index contributed by atoms with van der Waals surface area (Å²) >= 11 is 5.85. The van der Waals surface area contributed by atoms with Crippen LogP contribution in [0.2, 0.25) is 5.02 Å². The highest BCUT2D eigenvalue weighted by Gasteiger charge is 2.38. The molecule has 0 N–H and O–H groups in total. The standard InChI is InChI=1S/C12H13ClN2O2/c1-8(2)14-7-11(16)15(12(14)17)10-5-3-4-9(13)6-10/h3-6,8H,7H2,1-2H3. The Labute approximate surface area is 105 Å². The molecule has 1 heterocycles. The lowest BCUT2D eigenvalue weighted by Gasteiger charge is -2.20. The molecule has 3 amide bonds. The lowest BCUT2D eigenvalue weighted by Crippen LogP contribution is -2.36. The lowest BCUT2D eigenvalue weighted by atomic mass is 10.3. The molecule has 0 saturated carbocycles. The van der Waals surface area contributed by atoms with Crippen LogP contribution >= 0.6 is 11.6 Å². The second-order valence-electron chi connectivity index (χ2n) is 4.21. The highest BCUT2D eigenvalue weighted by atomic mass is 35.5. The third-order valence-corrected chi connectivity index (χ3v) is 2.92. The van der Waals surface area contributed by atoms with E-state index in [1.807, 2.05) is 13.8 Å². The number of carbonyl (C=O) groups is 2. The number of rotatable bonds is 2. The molecule has 0 atom stereocenters. The maximum absolute atomic E-state index is 12.1. The zero-order chi connectivity index (χ0) is 12.6. The first-order valence-electron chi connectivity index (χ1n) is 5.40. The van der Waals surface area contributed by atoms with Crippen molar-refractivity contribution in [2.24, 2.45) is 0 Å². The van der Waals surface area contributed by atoms with Crippen LogP contribution in [0.15, 0.2) is 24.3 Å². The van der Waals surface area contributed by atoms with Crippen LogP contribution in [0, 0.1) is 0 Å². The summed E-state index contributed by atoms with van der Waals surface area (Å²) < 4.78 is 0. The summed E-state index contributed by atoms with van der Waals surface area (Å²) in [6.45, 7) is 3.89. The van der Waals surface area contributed by atoms with Crippen molar-refractivity contribution in [1.82, 2.24) is 4.90 Å². The van der Waals surface area contributed by atoms with Gasteiger partial charge in [-0.25, -0.2) is 9.69 Å². The first kappa shape index (κ1) is 11.9. The first-order chi connectivity index (χ1) is 8.00. The summed E-state index contributed by atoms with van der Waals surface area (Å²) in [6.07, 6.45) is 0. The number of carbonyl (C=O) groups excluding carboxylic acids is 2. The molecule has 17 heavy (non-hydrogen) atoms. The van der Waals surface area contributed by atoms with E-state index in [1.54, 1.807) is 24.3 Å². The Balaban J connectivity index is 2.34. The highest BCUT2D eigenvalue weighted by Crippen LogP contribution is 2.25. The van der Waals surface area contributed by atoms with Crippen LogP contribution in [0.5, 0.6) is 0 Å². The summed E-state index contributed by atoms with van der Waals surface area (Å²) in [4.78, 5) is 26.6. The smallest absolute Gasteiger partial charge is 0.312 e. The molecule has 5 heteroatoms. The van der Waals surface area contributed by atoms with Gasteiger partial charge in [0.1, 0.15) is 6.54 Å². The number of anilines is 1. The molecule has 2 rings (SSSR count). The zero-order valence-electron chi connectivity index (χ0n) is 9.68. The number of urea groups is 1. The average molecular weight is 253 g/mol. The van der Waals surface area contributed by atoms with Crippen LogP contribution in [-0.4, -0.2) is 29.4 Å². The van der Waals surface area contributed by atoms with Crippen LogP contribution in [0.25, 0.3) is 0 Å². The van der Waals surface area contributed by atoms with Gasteiger partial charge in [0.25, 0.3) is 5.91 Å². The number of amides is 3. The van der Waals surface area contributed by atoms with E-state index in [4.69, 9.17) is 11.6 Å². The lowest BCUT2D eigenvalue weighted by molar-refractivity contribution is -0.116. The Bertz CT molecular complexity index is 473. The Hall–Kier alpha value is -1.55. The van der Waals surface area contributed by atoms with E-state index in [2.05, 4.69) is 0 Å². The number of hydrogen-bond acceptors (Lipinski definition) is 2. The molecule has 0 spiro atoms. The molecule has 0 aromatic heterocycles. The number of benzene rings is 1. The minimum Gasteiger partial charge on any atom is -0.312 e. The molecule has 1 aliphatic rings. The molecule has 1 saturated heterocycles. The maximum atomic E-state index is 12.1. The Morgan fingerprint density at radius 1 is 1.29 bits per heavy atom. The van der Waals surface area contributed by atoms with Gasteiger partial charge >= 0.3 is 6.03 Å². The predicted molar refractivity (Wildman–Crippen MR) is 66.2 cm³/mol. The van der Waals surface area contributed by atoms with Crippen LogP contribution < -0.4 is 4.90 Å². The third kappa shape index (κ3) is 2.13. The van der Waals surface area contributed by atoms with Crippen molar-refractivity contribution in [1.29, 1.82) is 0 Å². The summed E-state index contributed by atoms with van der Waals surface area (Å²) in [5.41, 5.74) is 0.524. The number of nitrogens with zero attached hydrogens (tertiary/aromatic N) is 2. The summed E-state index contributed by atoms with van der Waals surface area (Å²) in [6, 6.07) is 6.46. The fourth-order valence-electron chi connectivity index (χ4n) is 1.79. The number of imide groups is 1. The predicted octanol–water partition coefficient (Wildman–Crippen LogP) is 2.52. The fourth-order valence-corrected chi connectivity index (χ4v) is 1.98.